The second kappa shape index (κ2) is 7.36. The lowest BCUT2D eigenvalue weighted by molar-refractivity contribution is -0.137. The molecule has 0 fully saturated rings. The summed E-state index contributed by atoms with van der Waals surface area (Å²) in [6, 6.07) is 2.10. The highest BCUT2D eigenvalue weighted by Crippen LogP contribution is 2.32. The van der Waals surface area contributed by atoms with E-state index >= 15 is 0 Å². The van der Waals surface area contributed by atoms with Crippen LogP contribution in [0.4, 0.5) is 24.8 Å². The summed E-state index contributed by atoms with van der Waals surface area (Å²) >= 11 is 0. The van der Waals surface area contributed by atoms with Gasteiger partial charge < -0.3 is 10.6 Å². The van der Waals surface area contributed by atoms with Crippen LogP contribution in [0.25, 0.3) is 0 Å². The molecule has 0 atom stereocenters. The van der Waals surface area contributed by atoms with Gasteiger partial charge in [-0.3, -0.25) is 0 Å². The highest BCUT2D eigenvalue weighted by Gasteiger charge is 2.31. The number of rotatable bonds is 7. The van der Waals surface area contributed by atoms with E-state index in [2.05, 4.69) is 29.5 Å². The lowest BCUT2D eigenvalue weighted by atomic mass is 10.1. The molecule has 0 aliphatic rings. The summed E-state index contributed by atoms with van der Waals surface area (Å²) in [5.41, 5.74) is -0.682. The first-order valence-corrected chi connectivity index (χ1v) is 6.90. The molecule has 0 spiro atoms. The van der Waals surface area contributed by atoms with E-state index in [0.717, 1.165) is 25.0 Å². The van der Waals surface area contributed by atoms with E-state index in [-0.39, 0.29) is 11.6 Å². The number of hydrogen-bond donors (Lipinski definition) is 2. The number of anilines is 2. The Morgan fingerprint density at radius 3 is 2.10 bits per heavy atom. The maximum absolute atomic E-state index is 12.8. The molecule has 3 nitrogen and oxygen atoms in total. The number of nitrogens with zero attached hydrogens (tertiary/aromatic N) is 1. The molecule has 0 saturated carbocycles. The van der Waals surface area contributed by atoms with Gasteiger partial charge in [-0.05, 0) is 30.9 Å². The van der Waals surface area contributed by atoms with Crippen molar-refractivity contribution in [1.29, 1.82) is 0 Å². The molecule has 6 heteroatoms. The Morgan fingerprint density at radius 2 is 1.65 bits per heavy atom. The van der Waals surface area contributed by atoms with E-state index < -0.39 is 11.7 Å². The Bertz CT molecular complexity index is 417. The topological polar surface area (TPSA) is 37.0 Å². The fourth-order valence-electron chi connectivity index (χ4n) is 1.62. The molecule has 0 amide bonds. The van der Waals surface area contributed by atoms with Crippen molar-refractivity contribution >= 4 is 11.6 Å². The Labute approximate surface area is 118 Å². The largest absolute Gasteiger partial charge is 0.416 e. The lowest BCUT2D eigenvalue weighted by Gasteiger charge is -2.14. The van der Waals surface area contributed by atoms with Crippen molar-refractivity contribution in [2.75, 3.05) is 23.7 Å². The predicted molar refractivity (Wildman–Crippen MR) is 76.0 cm³/mol. The zero-order valence-electron chi connectivity index (χ0n) is 12.1. The van der Waals surface area contributed by atoms with E-state index in [1.165, 1.54) is 0 Å². The van der Waals surface area contributed by atoms with Gasteiger partial charge >= 0.3 is 6.18 Å². The molecule has 2 N–H and O–H groups in total. The molecule has 0 aromatic carbocycles. The van der Waals surface area contributed by atoms with E-state index in [9.17, 15) is 13.2 Å². The van der Waals surface area contributed by atoms with Crippen LogP contribution in [0.5, 0.6) is 0 Å². The Balaban J connectivity index is 2.86. The molecule has 0 bridgehead atoms. The fraction of sp³-hybridized carbons (Fsp3) is 0.643. The van der Waals surface area contributed by atoms with Gasteiger partial charge in [-0.1, -0.05) is 20.8 Å². The van der Waals surface area contributed by atoms with Crippen LogP contribution in [0.1, 0.15) is 39.2 Å². The fourth-order valence-corrected chi connectivity index (χ4v) is 1.62. The van der Waals surface area contributed by atoms with E-state index in [0.29, 0.717) is 19.0 Å². The van der Waals surface area contributed by atoms with Crippen molar-refractivity contribution in [3.05, 3.63) is 17.7 Å². The number of halogens is 3. The van der Waals surface area contributed by atoms with Crippen LogP contribution in [-0.2, 0) is 6.18 Å². The monoisotopic (exact) mass is 289 g/mol. The molecule has 1 rings (SSSR count). The lowest BCUT2D eigenvalue weighted by Crippen LogP contribution is -2.12. The minimum atomic E-state index is -4.36. The molecule has 1 aromatic rings. The molecule has 0 unspecified atom stereocenters. The molecule has 114 valence electrons. The first-order valence-electron chi connectivity index (χ1n) is 6.90. The van der Waals surface area contributed by atoms with Gasteiger partial charge in [-0.2, -0.15) is 13.2 Å². The molecule has 1 heterocycles. The minimum absolute atomic E-state index is 0.258. The average Bonchev–Trinajstić information content (AvgIpc) is 2.34. The average molecular weight is 289 g/mol. The molecular formula is C14H22F3N3. The van der Waals surface area contributed by atoms with Crippen molar-refractivity contribution in [2.45, 2.75) is 39.8 Å². The van der Waals surface area contributed by atoms with Gasteiger partial charge in [-0.25, -0.2) is 4.98 Å². The van der Waals surface area contributed by atoms with Crippen molar-refractivity contribution in [1.82, 2.24) is 4.98 Å². The summed E-state index contributed by atoms with van der Waals surface area (Å²) in [5.74, 6) is 1.01. The summed E-state index contributed by atoms with van der Waals surface area (Å²) in [4.78, 5) is 4.16. The van der Waals surface area contributed by atoms with Crippen LogP contribution in [0.2, 0.25) is 0 Å². The second-order valence-corrected chi connectivity index (χ2v) is 5.16. The SMILES string of the molecule is CCCNc1cc(C(F)(F)F)cc(NCCC(C)C)n1. The highest BCUT2D eigenvalue weighted by molar-refractivity contribution is 5.49. The number of alkyl halides is 3. The zero-order valence-corrected chi connectivity index (χ0v) is 12.1. The van der Waals surface area contributed by atoms with Crippen LogP contribution >= 0.6 is 0 Å². The second-order valence-electron chi connectivity index (χ2n) is 5.16. The van der Waals surface area contributed by atoms with Gasteiger partial charge in [0.2, 0.25) is 0 Å². The van der Waals surface area contributed by atoms with Gasteiger partial charge in [0.15, 0.2) is 0 Å². The van der Waals surface area contributed by atoms with Crippen LogP contribution in [-0.4, -0.2) is 18.1 Å². The summed E-state index contributed by atoms with van der Waals surface area (Å²) in [7, 11) is 0. The van der Waals surface area contributed by atoms with Crippen LogP contribution in [0.15, 0.2) is 12.1 Å². The zero-order chi connectivity index (χ0) is 15.2. The molecule has 0 radical (unpaired) electrons. The molecule has 0 saturated heterocycles. The summed E-state index contributed by atoms with van der Waals surface area (Å²) in [6.45, 7) is 7.28. The Hall–Kier alpha value is -1.46. The van der Waals surface area contributed by atoms with Crippen LogP contribution in [0.3, 0.4) is 0 Å². The molecule has 1 aromatic heterocycles. The summed E-state index contributed by atoms with van der Waals surface area (Å²) in [6.07, 6.45) is -2.65. The quantitative estimate of drug-likeness (QED) is 0.782. The highest BCUT2D eigenvalue weighted by atomic mass is 19.4. The van der Waals surface area contributed by atoms with E-state index in [1.807, 2.05) is 6.92 Å². The van der Waals surface area contributed by atoms with Gasteiger partial charge in [0.25, 0.3) is 0 Å². The number of pyridine rings is 1. The van der Waals surface area contributed by atoms with Crippen molar-refractivity contribution in [2.24, 2.45) is 5.92 Å². The maximum atomic E-state index is 12.8. The van der Waals surface area contributed by atoms with Crippen molar-refractivity contribution in [3.63, 3.8) is 0 Å². The van der Waals surface area contributed by atoms with Gasteiger partial charge in [0.1, 0.15) is 11.6 Å². The van der Waals surface area contributed by atoms with Gasteiger partial charge in [0.05, 0.1) is 5.56 Å². The molecular weight excluding hydrogens is 267 g/mol. The van der Waals surface area contributed by atoms with Crippen molar-refractivity contribution in [3.8, 4) is 0 Å². The molecule has 20 heavy (non-hydrogen) atoms. The maximum Gasteiger partial charge on any atom is 0.416 e. The third-order valence-corrected chi connectivity index (χ3v) is 2.74. The standard InChI is InChI=1S/C14H22F3N3/c1-4-6-18-12-8-11(14(15,16)17)9-13(20-12)19-7-5-10(2)3/h8-10H,4-7H2,1-3H3,(H2,18,19,20). The number of hydrogen-bond acceptors (Lipinski definition) is 3. The van der Waals surface area contributed by atoms with Gasteiger partial charge in [0, 0.05) is 13.1 Å². The van der Waals surface area contributed by atoms with Gasteiger partial charge in [-0.15, -0.1) is 0 Å². The van der Waals surface area contributed by atoms with Crippen LogP contribution in [0, 0.1) is 5.92 Å². The van der Waals surface area contributed by atoms with E-state index in [4.69, 9.17) is 0 Å². The molecule has 0 aliphatic carbocycles. The van der Waals surface area contributed by atoms with E-state index in [1.54, 1.807) is 0 Å². The number of aromatic nitrogens is 1. The predicted octanol–water partition coefficient (Wildman–Crippen LogP) is 4.38. The Kier molecular flexibility index (Phi) is 6.10. The first kappa shape index (κ1) is 16.6. The van der Waals surface area contributed by atoms with Crippen molar-refractivity contribution < 1.29 is 13.2 Å². The number of nitrogens with one attached hydrogen (secondary N) is 2. The first-order chi connectivity index (χ1) is 9.32. The third kappa shape index (κ3) is 5.67. The summed E-state index contributed by atoms with van der Waals surface area (Å²) < 4.78 is 38.5. The normalized spacial score (nSPS) is 11.8. The molecule has 0 aliphatic heterocycles. The smallest absolute Gasteiger partial charge is 0.370 e. The van der Waals surface area contributed by atoms with Crippen LogP contribution < -0.4 is 10.6 Å². The minimum Gasteiger partial charge on any atom is -0.370 e. The summed E-state index contributed by atoms with van der Waals surface area (Å²) in [5, 5.41) is 5.85. The Morgan fingerprint density at radius 1 is 1.10 bits per heavy atom. The third-order valence-electron chi connectivity index (χ3n) is 2.74.